The van der Waals surface area contributed by atoms with Crippen molar-refractivity contribution in [2.45, 2.75) is 39.2 Å². The molecule has 0 aromatic carbocycles. The predicted molar refractivity (Wildman–Crippen MR) is 76.1 cm³/mol. The number of aromatic nitrogens is 2. The Morgan fingerprint density at radius 1 is 1.20 bits per heavy atom. The van der Waals surface area contributed by atoms with Gasteiger partial charge in [0.15, 0.2) is 5.78 Å². The SMILES string of the molecule is Cc1nn(CCCN2CCOCC2)c2c1C(=O)CCC2. The molecule has 0 N–H and O–H groups in total. The molecule has 0 unspecified atom stereocenters. The van der Waals surface area contributed by atoms with Crippen molar-refractivity contribution in [3.63, 3.8) is 0 Å². The summed E-state index contributed by atoms with van der Waals surface area (Å²) in [5.74, 6) is 0.281. The van der Waals surface area contributed by atoms with E-state index in [1.165, 1.54) is 5.69 Å². The van der Waals surface area contributed by atoms with E-state index in [0.29, 0.717) is 6.42 Å². The largest absolute Gasteiger partial charge is 0.379 e. The summed E-state index contributed by atoms with van der Waals surface area (Å²) >= 11 is 0. The van der Waals surface area contributed by atoms with E-state index in [4.69, 9.17) is 4.74 Å². The number of rotatable bonds is 4. The molecule has 0 atom stereocenters. The van der Waals surface area contributed by atoms with E-state index in [9.17, 15) is 4.79 Å². The average molecular weight is 277 g/mol. The van der Waals surface area contributed by atoms with Crippen molar-refractivity contribution in [3.8, 4) is 0 Å². The maximum absolute atomic E-state index is 12.0. The van der Waals surface area contributed by atoms with E-state index in [-0.39, 0.29) is 5.78 Å². The van der Waals surface area contributed by atoms with Crippen LogP contribution < -0.4 is 0 Å². The lowest BCUT2D eigenvalue weighted by Crippen LogP contribution is -2.37. The van der Waals surface area contributed by atoms with Crippen LogP contribution in [0, 0.1) is 6.92 Å². The van der Waals surface area contributed by atoms with Crippen LogP contribution in [0.3, 0.4) is 0 Å². The van der Waals surface area contributed by atoms with Crippen molar-refractivity contribution in [1.82, 2.24) is 14.7 Å². The second-order valence-electron chi connectivity index (χ2n) is 5.71. The first-order valence-corrected chi connectivity index (χ1v) is 7.65. The van der Waals surface area contributed by atoms with Crippen molar-refractivity contribution < 1.29 is 9.53 Å². The van der Waals surface area contributed by atoms with Gasteiger partial charge in [-0.15, -0.1) is 0 Å². The predicted octanol–water partition coefficient (Wildman–Crippen LogP) is 1.43. The third kappa shape index (κ3) is 2.79. The van der Waals surface area contributed by atoms with Crippen molar-refractivity contribution in [2.75, 3.05) is 32.8 Å². The highest BCUT2D eigenvalue weighted by Crippen LogP contribution is 2.24. The van der Waals surface area contributed by atoms with Gasteiger partial charge >= 0.3 is 0 Å². The van der Waals surface area contributed by atoms with Gasteiger partial charge in [-0.25, -0.2) is 0 Å². The Labute approximate surface area is 119 Å². The Hall–Kier alpha value is -1.20. The fourth-order valence-corrected chi connectivity index (χ4v) is 3.24. The fraction of sp³-hybridized carbons (Fsp3) is 0.733. The Morgan fingerprint density at radius 3 is 2.80 bits per heavy atom. The van der Waals surface area contributed by atoms with Crippen LogP contribution in [0.5, 0.6) is 0 Å². The summed E-state index contributed by atoms with van der Waals surface area (Å²) in [6, 6.07) is 0. The summed E-state index contributed by atoms with van der Waals surface area (Å²) in [7, 11) is 0. The molecule has 0 spiro atoms. The average Bonchev–Trinajstić information content (AvgIpc) is 2.78. The summed E-state index contributed by atoms with van der Waals surface area (Å²) in [4.78, 5) is 14.4. The molecule has 3 rings (SSSR count). The quantitative estimate of drug-likeness (QED) is 0.835. The van der Waals surface area contributed by atoms with Crippen LogP contribution in [0.2, 0.25) is 0 Å². The number of morpholine rings is 1. The van der Waals surface area contributed by atoms with Gasteiger partial charge in [-0.2, -0.15) is 5.10 Å². The molecular weight excluding hydrogens is 254 g/mol. The lowest BCUT2D eigenvalue weighted by atomic mass is 9.95. The second-order valence-corrected chi connectivity index (χ2v) is 5.71. The standard InChI is InChI=1S/C15H23N3O2/c1-12-15-13(4-2-5-14(15)19)18(16-12)7-3-6-17-8-10-20-11-9-17/h2-11H2,1H3. The first-order valence-electron chi connectivity index (χ1n) is 7.65. The maximum Gasteiger partial charge on any atom is 0.166 e. The number of carbonyl (C=O) groups is 1. The summed E-state index contributed by atoms with van der Waals surface area (Å²) in [6.45, 7) is 7.74. The lowest BCUT2D eigenvalue weighted by molar-refractivity contribution is 0.0368. The first-order chi connectivity index (χ1) is 9.75. The van der Waals surface area contributed by atoms with Crippen molar-refractivity contribution >= 4 is 5.78 Å². The third-order valence-electron chi connectivity index (χ3n) is 4.28. The molecule has 0 amide bonds. The fourth-order valence-electron chi connectivity index (χ4n) is 3.24. The molecule has 1 aromatic heterocycles. The molecule has 5 nitrogen and oxygen atoms in total. The van der Waals surface area contributed by atoms with Crippen LogP contribution in [0.1, 0.15) is 41.0 Å². The number of hydrogen-bond donors (Lipinski definition) is 0. The zero-order valence-corrected chi connectivity index (χ0v) is 12.2. The molecule has 1 saturated heterocycles. The smallest absolute Gasteiger partial charge is 0.166 e. The zero-order valence-electron chi connectivity index (χ0n) is 12.2. The topological polar surface area (TPSA) is 47.4 Å². The van der Waals surface area contributed by atoms with E-state index in [0.717, 1.165) is 69.9 Å². The number of ketones is 1. The summed E-state index contributed by atoms with van der Waals surface area (Å²) in [5.41, 5.74) is 2.99. The minimum Gasteiger partial charge on any atom is -0.379 e. The highest BCUT2D eigenvalue weighted by atomic mass is 16.5. The number of aryl methyl sites for hydroxylation is 2. The van der Waals surface area contributed by atoms with Crippen molar-refractivity contribution in [1.29, 1.82) is 0 Å². The number of ether oxygens (including phenoxy) is 1. The van der Waals surface area contributed by atoms with E-state index in [1.807, 2.05) is 6.92 Å². The van der Waals surface area contributed by atoms with Gasteiger partial charge < -0.3 is 4.74 Å². The van der Waals surface area contributed by atoms with Gasteiger partial charge in [-0.1, -0.05) is 0 Å². The van der Waals surface area contributed by atoms with Gasteiger partial charge in [-0.05, 0) is 26.2 Å². The third-order valence-corrected chi connectivity index (χ3v) is 4.28. The summed E-state index contributed by atoms with van der Waals surface area (Å²) in [5, 5.41) is 4.58. The van der Waals surface area contributed by atoms with Crippen molar-refractivity contribution in [2.24, 2.45) is 0 Å². The monoisotopic (exact) mass is 277 g/mol. The normalized spacial score (nSPS) is 20.1. The molecule has 1 aliphatic carbocycles. The van der Waals surface area contributed by atoms with E-state index < -0.39 is 0 Å². The van der Waals surface area contributed by atoms with Gasteiger partial charge in [0.05, 0.1) is 24.5 Å². The molecule has 5 heteroatoms. The van der Waals surface area contributed by atoms with Crippen LogP contribution in [-0.2, 0) is 17.7 Å². The number of carbonyl (C=O) groups excluding carboxylic acids is 1. The molecule has 1 fully saturated rings. The van der Waals surface area contributed by atoms with Gasteiger partial charge in [0.25, 0.3) is 0 Å². The molecule has 2 aliphatic rings. The molecule has 20 heavy (non-hydrogen) atoms. The summed E-state index contributed by atoms with van der Waals surface area (Å²) < 4.78 is 7.43. The number of hydrogen-bond acceptors (Lipinski definition) is 4. The molecule has 0 saturated carbocycles. The maximum atomic E-state index is 12.0. The summed E-state index contributed by atoms with van der Waals surface area (Å²) in [6.07, 6.45) is 3.74. The van der Waals surface area contributed by atoms with Crippen LogP contribution in [-0.4, -0.2) is 53.3 Å². The van der Waals surface area contributed by atoms with Crippen LogP contribution >= 0.6 is 0 Å². The van der Waals surface area contributed by atoms with E-state index in [2.05, 4.69) is 14.7 Å². The highest BCUT2D eigenvalue weighted by Gasteiger charge is 2.24. The van der Waals surface area contributed by atoms with Gasteiger partial charge in [0.1, 0.15) is 0 Å². The number of Topliss-reactive ketones (excluding diaryl/α,β-unsaturated/α-hetero) is 1. The molecular formula is C15H23N3O2. The Kier molecular flexibility index (Phi) is 4.17. The van der Waals surface area contributed by atoms with E-state index >= 15 is 0 Å². The zero-order chi connectivity index (χ0) is 13.9. The molecule has 0 bridgehead atoms. The minimum atomic E-state index is 0.281. The first kappa shape index (κ1) is 13.8. The Morgan fingerprint density at radius 2 is 2.00 bits per heavy atom. The Bertz CT molecular complexity index is 490. The van der Waals surface area contributed by atoms with Crippen LogP contribution in [0.15, 0.2) is 0 Å². The van der Waals surface area contributed by atoms with Crippen LogP contribution in [0.4, 0.5) is 0 Å². The van der Waals surface area contributed by atoms with Crippen molar-refractivity contribution in [3.05, 3.63) is 17.0 Å². The highest BCUT2D eigenvalue weighted by molar-refractivity contribution is 5.99. The molecule has 110 valence electrons. The number of fused-ring (bicyclic) bond motifs is 1. The lowest BCUT2D eigenvalue weighted by Gasteiger charge is -2.26. The Balaban J connectivity index is 1.60. The minimum absolute atomic E-state index is 0.281. The van der Waals surface area contributed by atoms with Gasteiger partial charge in [0.2, 0.25) is 0 Å². The van der Waals surface area contributed by atoms with Gasteiger partial charge in [-0.3, -0.25) is 14.4 Å². The second kappa shape index (κ2) is 6.06. The van der Waals surface area contributed by atoms with Crippen LogP contribution in [0.25, 0.3) is 0 Å². The van der Waals surface area contributed by atoms with Gasteiger partial charge in [0, 0.05) is 38.3 Å². The molecule has 1 aliphatic heterocycles. The van der Waals surface area contributed by atoms with E-state index in [1.54, 1.807) is 0 Å². The molecule has 1 aromatic rings. The molecule has 2 heterocycles. The number of nitrogens with zero attached hydrogens (tertiary/aromatic N) is 3. The molecule has 0 radical (unpaired) electrons.